The van der Waals surface area contributed by atoms with Gasteiger partial charge in [-0.15, -0.1) is 6.58 Å². The molecule has 0 heterocycles. The largest absolute Gasteiger partial charge is 0.464 e. The lowest BCUT2D eigenvalue weighted by atomic mass is 10.1. The van der Waals surface area contributed by atoms with Gasteiger partial charge in [-0.1, -0.05) is 58.4 Å². The molecule has 0 aromatic carbocycles. The SMILES string of the molecule is C=CCCOC(=O)N[C@@H](CCC)C(=O)OCCCCCCCC. The van der Waals surface area contributed by atoms with Crippen LogP contribution in [0.5, 0.6) is 0 Å². The molecule has 1 N–H and O–H groups in total. The fourth-order valence-corrected chi connectivity index (χ4v) is 2.11. The van der Waals surface area contributed by atoms with Crippen molar-refractivity contribution in [2.24, 2.45) is 0 Å². The smallest absolute Gasteiger partial charge is 0.407 e. The van der Waals surface area contributed by atoms with Gasteiger partial charge in [-0.05, 0) is 19.3 Å². The highest BCUT2D eigenvalue weighted by atomic mass is 16.6. The second kappa shape index (κ2) is 15.4. The zero-order valence-electron chi connectivity index (χ0n) is 14.8. The number of amides is 1. The molecule has 0 radical (unpaired) electrons. The molecule has 0 fully saturated rings. The first-order valence-electron chi connectivity index (χ1n) is 8.86. The van der Waals surface area contributed by atoms with Crippen molar-refractivity contribution in [1.82, 2.24) is 5.32 Å². The van der Waals surface area contributed by atoms with Crippen LogP contribution in [-0.4, -0.2) is 31.3 Å². The minimum Gasteiger partial charge on any atom is -0.464 e. The van der Waals surface area contributed by atoms with Crippen LogP contribution in [0.15, 0.2) is 12.7 Å². The van der Waals surface area contributed by atoms with Gasteiger partial charge in [-0.2, -0.15) is 0 Å². The lowest BCUT2D eigenvalue weighted by Crippen LogP contribution is -2.42. The van der Waals surface area contributed by atoms with Gasteiger partial charge in [0.15, 0.2) is 0 Å². The molecule has 0 aliphatic heterocycles. The highest BCUT2D eigenvalue weighted by molar-refractivity contribution is 5.81. The Bertz CT molecular complexity index is 331. The molecule has 0 spiro atoms. The molecule has 0 aromatic rings. The second-order valence-corrected chi connectivity index (χ2v) is 5.63. The van der Waals surface area contributed by atoms with Crippen LogP contribution in [0.2, 0.25) is 0 Å². The van der Waals surface area contributed by atoms with E-state index in [4.69, 9.17) is 9.47 Å². The van der Waals surface area contributed by atoms with Crippen LogP contribution < -0.4 is 5.32 Å². The van der Waals surface area contributed by atoms with Crippen molar-refractivity contribution in [2.75, 3.05) is 13.2 Å². The number of hydrogen-bond donors (Lipinski definition) is 1. The maximum atomic E-state index is 12.0. The van der Waals surface area contributed by atoms with E-state index in [1.807, 2.05) is 6.92 Å². The Morgan fingerprint density at radius 3 is 2.35 bits per heavy atom. The molecular weight excluding hydrogens is 294 g/mol. The molecule has 1 amide bonds. The number of rotatable bonds is 14. The van der Waals surface area contributed by atoms with Crippen molar-refractivity contribution in [3.05, 3.63) is 12.7 Å². The first-order chi connectivity index (χ1) is 11.2. The molecule has 134 valence electrons. The number of hydrogen-bond acceptors (Lipinski definition) is 4. The molecule has 23 heavy (non-hydrogen) atoms. The fourth-order valence-electron chi connectivity index (χ4n) is 2.11. The Hall–Kier alpha value is -1.52. The van der Waals surface area contributed by atoms with E-state index in [1.54, 1.807) is 6.08 Å². The van der Waals surface area contributed by atoms with Crippen LogP contribution in [-0.2, 0) is 14.3 Å². The molecule has 0 saturated heterocycles. The average molecular weight is 327 g/mol. The minimum atomic E-state index is -0.628. The Balaban J connectivity index is 3.95. The van der Waals surface area contributed by atoms with Gasteiger partial charge in [0.25, 0.3) is 0 Å². The molecule has 0 unspecified atom stereocenters. The second-order valence-electron chi connectivity index (χ2n) is 5.63. The molecule has 5 heteroatoms. The van der Waals surface area contributed by atoms with Crippen LogP contribution in [0.25, 0.3) is 0 Å². The van der Waals surface area contributed by atoms with E-state index in [0.717, 1.165) is 19.3 Å². The number of nitrogens with one attached hydrogen (secondary N) is 1. The summed E-state index contributed by atoms with van der Waals surface area (Å²) in [7, 11) is 0. The van der Waals surface area contributed by atoms with Crippen molar-refractivity contribution in [3.63, 3.8) is 0 Å². The van der Waals surface area contributed by atoms with E-state index in [9.17, 15) is 9.59 Å². The molecule has 0 saturated carbocycles. The summed E-state index contributed by atoms with van der Waals surface area (Å²) < 4.78 is 10.2. The standard InChI is InChI=1S/C18H33NO4/c1-4-7-9-10-11-12-15-22-17(20)16(13-6-3)19-18(21)23-14-8-5-2/h5,16H,2,4,6-15H2,1,3H3,(H,19,21)/t16-/m0/s1. The zero-order chi connectivity index (χ0) is 17.3. The normalized spacial score (nSPS) is 11.6. The Morgan fingerprint density at radius 1 is 1.00 bits per heavy atom. The molecule has 0 aliphatic carbocycles. The third-order valence-electron chi connectivity index (χ3n) is 3.45. The number of carbonyl (C=O) groups is 2. The van der Waals surface area contributed by atoms with Crippen LogP contribution >= 0.6 is 0 Å². The molecule has 0 aliphatic rings. The van der Waals surface area contributed by atoms with E-state index in [0.29, 0.717) is 19.4 Å². The summed E-state index contributed by atoms with van der Waals surface area (Å²) in [5, 5.41) is 2.58. The van der Waals surface area contributed by atoms with Gasteiger partial charge in [-0.25, -0.2) is 9.59 Å². The van der Waals surface area contributed by atoms with E-state index in [1.165, 1.54) is 25.7 Å². The summed E-state index contributed by atoms with van der Waals surface area (Å²) in [6, 6.07) is -0.628. The zero-order valence-corrected chi connectivity index (χ0v) is 14.8. The summed E-state index contributed by atoms with van der Waals surface area (Å²) >= 11 is 0. The van der Waals surface area contributed by atoms with E-state index < -0.39 is 12.1 Å². The maximum Gasteiger partial charge on any atom is 0.407 e. The minimum absolute atomic E-state index is 0.265. The summed E-state index contributed by atoms with van der Waals surface area (Å²) in [4.78, 5) is 23.6. The van der Waals surface area contributed by atoms with Crippen molar-refractivity contribution in [1.29, 1.82) is 0 Å². The van der Waals surface area contributed by atoms with Gasteiger partial charge in [0.05, 0.1) is 13.2 Å². The van der Waals surface area contributed by atoms with Crippen LogP contribution in [0.1, 0.15) is 71.6 Å². The Morgan fingerprint density at radius 2 is 1.70 bits per heavy atom. The first-order valence-corrected chi connectivity index (χ1v) is 8.86. The summed E-state index contributed by atoms with van der Waals surface area (Å²) in [6.07, 6.45) is 9.86. The number of alkyl carbamates (subject to hydrolysis) is 1. The Kier molecular flexibility index (Phi) is 14.4. The van der Waals surface area contributed by atoms with Gasteiger partial charge in [0.2, 0.25) is 0 Å². The number of esters is 1. The van der Waals surface area contributed by atoms with Crippen molar-refractivity contribution >= 4 is 12.1 Å². The molecular formula is C18H33NO4. The third kappa shape index (κ3) is 12.7. The predicted molar refractivity (Wildman–Crippen MR) is 92.3 cm³/mol. The first kappa shape index (κ1) is 21.5. The van der Waals surface area contributed by atoms with Crippen LogP contribution in [0.3, 0.4) is 0 Å². The molecule has 5 nitrogen and oxygen atoms in total. The highest BCUT2D eigenvalue weighted by Gasteiger charge is 2.21. The van der Waals surface area contributed by atoms with E-state index in [2.05, 4.69) is 18.8 Å². The van der Waals surface area contributed by atoms with Crippen LogP contribution in [0, 0.1) is 0 Å². The van der Waals surface area contributed by atoms with E-state index >= 15 is 0 Å². The maximum absolute atomic E-state index is 12.0. The number of carbonyl (C=O) groups excluding carboxylic acids is 2. The van der Waals surface area contributed by atoms with Gasteiger partial charge < -0.3 is 14.8 Å². The number of ether oxygens (including phenoxy) is 2. The van der Waals surface area contributed by atoms with Crippen LogP contribution in [0.4, 0.5) is 4.79 Å². The van der Waals surface area contributed by atoms with Gasteiger partial charge >= 0.3 is 12.1 Å². The van der Waals surface area contributed by atoms with Crippen molar-refractivity contribution in [3.8, 4) is 0 Å². The lowest BCUT2D eigenvalue weighted by Gasteiger charge is -2.16. The van der Waals surface area contributed by atoms with Gasteiger partial charge in [0.1, 0.15) is 6.04 Å². The highest BCUT2D eigenvalue weighted by Crippen LogP contribution is 2.06. The lowest BCUT2D eigenvalue weighted by molar-refractivity contribution is -0.146. The summed E-state index contributed by atoms with van der Waals surface area (Å²) in [6.45, 7) is 8.38. The topological polar surface area (TPSA) is 64.6 Å². The third-order valence-corrected chi connectivity index (χ3v) is 3.45. The van der Waals surface area contributed by atoms with E-state index in [-0.39, 0.29) is 12.6 Å². The van der Waals surface area contributed by atoms with Crippen molar-refractivity contribution in [2.45, 2.75) is 77.7 Å². The van der Waals surface area contributed by atoms with Gasteiger partial charge in [-0.3, -0.25) is 0 Å². The molecule has 0 aromatic heterocycles. The summed E-state index contributed by atoms with van der Waals surface area (Å²) in [5.41, 5.74) is 0. The Labute approximate surface area is 140 Å². The molecule has 0 bridgehead atoms. The average Bonchev–Trinajstić information content (AvgIpc) is 2.53. The number of unbranched alkanes of at least 4 members (excludes halogenated alkanes) is 5. The quantitative estimate of drug-likeness (QED) is 0.292. The van der Waals surface area contributed by atoms with Crippen molar-refractivity contribution < 1.29 is 19.1 Å². The van der Waals surface area contributed by atoms with Gasteiger partial charge in [0, 0.05) is 0 Å². The summed E-state index contributed by atoms with van der Waals surface area (Å²) in [5.74, 6) is -0.374. The monoisotopic (exact) mass is 327 g/mol. The molecule has 0 rings (SSSR count). The molecule has 1 atom stereocenters. The predicted octanol–water partition coefficient (Wildman–Crippen LogP) is 4.36. The fraction of sp³-hybridized carbons (Fsp3) is 0.778.